The van der Waals surface area contributed by atoms with Gasteiger partial charge in [0.05, 0.1) is 36.1 Å². The van der Waals surface area contributed by atoms with Crippen molar-refractivity contribution in [2.45, 2.75) is 23.7 Å². The molecule has 1 atom stereocenters. The predicted molar refractivity (Wildman–Crippen MR) is 104 cm³/mol. The third kappa shape index (κ3) is 6.61. The molecule has 2 aromatic carbocycles. The van der Waals surface area contributed by atoms with Crippen LogP contribution in [0.25, 0.3) is 0 Å². The van der Waals surface area contributed by atoms with Crippen LogP contribution >= 0.6 is 15.9 Å². The summed E-state index contributed by atoms with van der Waals surface area (Å²) in [5.41, 5.74) is 0.439. The first-order valence-electron chi connectivity index (χ1n) is 8.23. The van der Waals surface area contributed by atoms with E-state index in [0.717, 1.165) is 31.4 Å². The Balaban J connectivity index is 2.31. The van der Waals surface area contributed by atoms with Gasteiger partial charge in [0.25, 0.3) is 0 Å². The van der Waals surface area contributed by atoms with E-state index in [-0.39, 0.29) is 11.3 Å². The number of ether oxygens (including phenoxy) is 3. The average Bonchev–Trinajstić information content (AvgIpc) is 2.66. The number of alkyl halides is 3. The summed E-state index contributed by atoms with van der Waals surface area (Å²) in [5.74, 6) is -0.728. The minimum atomic E-state index is -4.90. The monoisotopic (exact) mass is 511 g/mol. The molecule has 12 heteroatoms. The molecule has 0 saturated heterocycles. The maximum atomic E-state index is 12.7. The lowest BCUT2D eigenvalue weighted by atomic mass is 10.0. The molecule has 7 nitrogen and oxygen atoms in total. The van der Waals surface area contributed by atoms with Crippen molar-refractivity contribution in [2.24, 2.45) is 0 Å². The first-order valence-corrected chi connectivity index (χ1v) is 10.5. The average molecular weight is 512 g/mol. The zero-order valence-electron chi connectivity index (χ0n) is 15.7. The number of hydrogen-bond acceptors (Lipinski definition) is 6. The minimum absolute atomic E-state index is 0.306. The predicted octanol–water partition coefficient (Wildman–Crippen LogP) is 3.94. The van der Waals surface area contributed by atoms with Gasteiger partial charge in [-0.2, -0.15) is 0 Å². The normalized spacial score (nSPS) is 12.9. The van der Waals surface area contributed by atoms with Gasteiger partial charge in [0, 0.05) is 0 Å². The van der Waals surface area contributed by atoms with Crippen molar-refractivity contribution in [1.82, 2.24) is 4.72 Å². The number of hydrogen-bond donors (Lipinski definition) is 1. The summed E-state index contributed by atoms with van der Waals surface area (Å²) in [7, 11) is -1.57. The molecule has 0 amide bonds. The van der Waals surface area contributed by atoms with E-state index in [1.165, 1.54) is 7.11 Å². The molecule has 0 aliphatic rings. The van der Waals surface area contributed by atoms with Crippen LogP contribution in [0, 0.1) is 0 Å². The standard InChI is InChI=1S/C18H17BrF3NO6S/c1-27-16-8-3-11(9-14(16)19)15(10-17(24)28-2)23-30(25,26)13-6-4-12(5-7-13)29-18(20,21)22/h3-9,15,23H,10H2,1-2H3/t15-/m1/s1. The number of esters is 1. The van der Waals surface area contributed by atoms with E-state index in [4.69, 9.17) is 4.74 Å². The fourth-order valence-corrected chi connectivity index (χ4v) is 4.24. The Labute approximate surface area is 179 Å². The molecular formula is C18H17BrF3NO6S. The van der Waals surface area contributed by atoms with Crippen molar-refractivity contribution in [3.63, 3.8) is 0 Å². The number of benzene rings is 2. The molecule has 0 bridgehead atoms. The zero-order valence-corrected chi connectivity index (χ0v) is 18.1. The largest absolute Gasteiger partial charge is 0.573 e. The number of carbonyl (C=O) groups is 1. The van der Waals surface area contributed by atoms with Crippen molar-refractivity contribution in [3.05, 3.63) is 52.5 Å². The summed E-state index contributed by atoms with van der Waals surface area (Å²) in [4.78, 5) is 11.5. The molecule has 2 aromatic rings. The molecule has 0 aromatic heterocycles. The SMILES string of the molecule is COC(=O)C[C@@H](NS(=O)(=O)c1ccc(OC(F)(F)F)cc1)c1ccc(OC)c(Br)c1. The summed E-state index contributed by atoms with van der Waals surface area (Å²) in [6, 6.07) is 7.40. The van der Waals surface area contributed by atoms with Crippen LogP contribution in [0.4, 0.5) is 13.2 Å². The van der Waals surface area contributed by atoms with Gasteiger partial charge in [0.15, 0.2) is 0 Å². The van der Waals surface area contributed by atoms with E-state index >= 15 is 0 Å². The van der Waals surface area contributed by atoms with E-state index in [2.05, 4.69) is 30.1 Å². The fraction of sp³-hybridized carbons (Fsp3) is 0.278. The highest BCUT2D eigenvalue weighted by Gasteiger charge is 2.31. The third-order valence-electron chi connectivity index (χ3n) is 3.84. The molecule has 0 fully saturated rings. The summed E-state index contributed by atoms with van der Waals surface area (Å²) in [6.45, 7) is 0. The van der Waals surface area contributed by atoms with Crippen molar-refractivity contribution in [3.8, 4) is 11.5 Å². The Hall–Kier alpha value is -2.31. The number of sulfonamides is 1. The van der Waals surface area contributed by atoms with Crippen LogP contribution in [-0.2, 0) is 19.6 Å². The highest BCUT2D eigenvalue weighted by Crippen LogP contribution is 2.30. The molecule has 164 valence electrons. The van der Waals surface area contributed by atoms with Crippen LogP contribution in [0.2, 0.25) is 0 Å². The van der Waals surface area contributed by atoms with Gasteiger partial charge in [-0.15, -0.1) is 13.2 Å². The smallest absolute Gasteiger partial charge is 0.496 e. The van der Waals surface area contributed by atoms with Crippen LogP contribution < -0.4 is 14.2 Å². The van der Waals surface area contributed by atoms with E-state index < -0.39 is 34.1 Å². The van der Waals surface area contributed by atoms with Crippen LogP contribution in [-0.4, -0.2) is 35.0 Å². The van der Waals surface area contributed by atoms with Gasteiger partial charge in [-0.1, -0.05) is 6.07 Å². The van der Waals surface area contributed by atoms with Crippen molar-refractivity contribution < 1.29 is 40.6 Å². The molecule has 0 spiro atoms. The molecule has 30 heavy (non-hydrogen) atoms. The molecule has 0 unspecified atom stereocenters. The molecule has 0 aliphatic carbocycles. The van der Waals surface area contributed by atoms with E-state index in [0.29, 0.717) is 15.8 Å². The van der Waals surface area contributed by atoms with Gasteiger partial charge < -0.3 is 14.2 Å². The Kier molecular flexibility index (Phi) is 7.72. The number of rotatable bonds is 8. The molecule has 2 rings (SSSR count). The number of nitrogens with one attached hydrogen (secondary N) is 1. The lowest BCUT2D eigenvalue weighted by molar-refractivity contribution is -0.274. The Morgan fingerprint density at radius 3 is 2.27 bits per heavy atom. The van der Waals surface area contributed by atoms with Crippen molar-refractivity contribution in [2.75, 3.05) is 14.2 Å². The lowest BCUT2D eigenvalue weighted by Crippen LogP contribution is -2.30. The Bertz CT molecular complexity index is 996. The summed E-state index contributed by atoms with van der Waals surface area (Å²) in [5, 5.41) is 0. The van der Waals surface area contributed by atoms with Crippen LogP contribution in [0.15, 0.2) is 51.8 Å². The maximum absolute atomic E-state index is 12.7. The van der Waals surface area contributed by atoms with Crippen LogP contribution in [0.3, 0.4) is 0 Å². The molecule has 1 N–H and O–H groups in total. The summed E-state index contributed by atoms with van der Waals surface area (Å²) < 4.78 is 78.6. The quantitative estimate of drug-likeness (QED) is 0.539. The first kappa shape index (κ1) is 24.0. The lowest BCUT2D eigenvalue weighted by Gasteiger charge is -2.19. The first-order chi connectivity index (χ1) is 13.9. The maximum Gasteiger partial charge on any atom is 0.573 e. The van der Waals surface area contributed by atoms with Gasteiger partial charge in [0.2, 0.25) is 10.0 Å². The van der Waals surface area contributed by atoms with Gasteiger partial charge in [-0.05, 0) is 57.9 Å². The zero-order chi connectivity index (χ0) is 22.5. The highest BCUT2D eigenvalue weighted by molar-refractivity contribution is 9.10. The minimum Gasteiger partial charge on any atom is -0.496 e. The second-order valence-electron chi connectivity index (χ2n) is 5.87. The second kappa shape index (κ2) is 9.67. The molecule has 0 radical (unpaired) electrons. The third-order valence-corrected chi connectivity index (χ3v) is 5.95. The highest BCUT2D eigenvalue weighted by atomic mass is 79.9. The Morgan fingerprint density at radius 2 is 1.77 bits per heavy atom. The van der Waals surface area contributed by atoms with Gasteiger partial charge in [-0.25, -0.2) is 13.1 Å². The topological polar surface area (TPSA) is 90.9 Å². The number of methoxy groups -OCH3 is 2. The van der Waals surface area contributed by atoms with E-state index in [9.17, 15) is 26.4 Å². The molecular weight excluding hydrogens is 495 g/mol. The van der Waals surface area contributed by atoms with Crippen molar-refractivity contribution >= 4 is 31.9 Å². The molecule has 0 aliphatic heterocycles. The summed E-state index contributed by atoms with van der Waals surface area (Å²) in [6.07, 6.45) is -5.21. The second-order valence-corrected chi connectivity index (χ2v) is 8.44. The van der Waals surface area contributed by atoms with Gasteiger partial charge in [-0.3, -0.25) is 4.79 Å². The summed E-state index contributed by atoms with van der Waals surface area (Å²) >= 11 is 3.29. The van der Waals surface area contributed by atoms with Gasteiger partial charge >= 0.3 is 12.3 Å². The van der Waals surface area contributed by atoms with Crippen LogP contribution in [0.1, 0.15) is 18.0 Å². The van der Waals surface area contributed by atoms with E-state index in [1.807, 2.05) is 0 Å². The number of halogens is 4. The van der Waals surface area contributed by atoms with Crippen molar-refractivity contribution in [1.29, 1.82) is 0 Å². The molecule has 0 heterocycles. The van der Waals surface area contributed by atoms with Gasteiger partial charge in [0.1, 0.15) is 11.5 Å². The molecule has 0 saturated carbocycles. The van der Waals surface area contributed by atoms with Crippen LogP contribution in [0.5, 0.6) is 11.5 Å². The Morgan fingerprint density at radius 1 is 1.13 bits per heavy atom. The number of carbonyl (C=O) groups excluding carboxylic acids is 1. The van der Waals surface area contributed by atoms with E-state index in [1.54, 1.807) is 18.2 Å². The fourth-order valence-electron chi connectivity index (χ4n) is 2.45.